The molecule has 0 fully saturated rings. The van der Waals surface area contributed by atoms with Gasteiger partial charge in [-0.1, -0.05) is 17.7 Å². The molecule has 11 nitrogen and oxygen atoms in total. The van der Waals surface area contributed by atoms with Crippen LogP contribution in [0.2, 0.25) is 0 Å². The summed E-state index contributed by atoms with van der Waals surface area (Å²) in [4.78, 5) is 35.0. The summed E-state index contributed by atoms with van der Waals surface area (Å²) in [5, 5.41) is 16.8. The Bertz CT molecular complexity index is 1090. The number of aryl methyl sites for hydroxylation is 1. The number of esters is 1. The lowest BCUT2D eigenvalue weighted by atomic mass is 10.1. The largest absolute Gasteiger partial charge is 0.454 e. The summed E-state index contributed by atoms with van der Waals surface area (Å²) in [5.41, 5.74) is 7.65. The van der Waals surface area contributed by atoms with Crippen LogP contribution >= 0.6 is 0 Å². The lowest BCUT2D eigenvalue weighted by molar-refractivity contribution is -0.384. The zero-order valence-electron chi connectivity index (χ0n) is 16.2. The smallest absolute Gasteiger partial charge is 0.338 e. The van der Waals surface area contributed by atoms with E-state index in [2.05, 4.69) is 25.6 Å². The van der Waals surface area contributed by atoms with Crippen LogP contribution in [0.1, 0.15) is 21.7 Å². The number of ether oxygens (including phenoxy) is 1. The van der Waals surface area contributed by atoms with Crippen molar-refractivity contribution >= 4 is 34.9 Å². The second kappa shape index (κ2) is 8.82. The average Bonchev–Trinajstić information content (AvgIpc) is 2.72. The minimum Gasteiger partial charge on any atom is -0.454 e. The highest BCUT2D eigenvalue weighted by Gasteiger charge is 2.18. The monoisotopic (exact) mass is 409 g/mol. The zero-order valence-corrected chi connectivity index (χ0v) is 16.2. The molecule has 0 amide bonds. The van der Waals surface area contributed by atoms with Crippen LogP contribution < -0.4 is 16.4 Å². The van der Waals surface area contributed by atoms with Crippen molar-refractivity contribution in [3.05, 3.63) is 69.5 Å². The molecular weight excluding hydrogens is 390 g/mol. The first-order chi connectivity index (χ1) is 14.4. The molecule has 3 rings (SSSR count). The van der Waals surface area contributed by atoms with Gasteiger partial charge in [-0.2, -0.15) is 15.0 Å². The first-order valence-electron chi connectivity index (χ1n) is 8.83. The number of nitrogens with one attached hydrogen (secondary N) is 2. The number of rotatable bonds is 7. The highest BCUT2D eigenvalue weighted by molar-refractivity contribution is 5.91. The fourth-order valence-electron chi connectivity index (χ4n) is 2.56. The van der Waals surface area contributed by atoms with Crippen LogP contribution in [0.5, 0.6) is 0 Å². The zero-order chi connectivity index (χ0) is 21.7. The number of hydrogen-bond donors (Lipinski definition) is 3. The summed E-state index contributed by atoms with van der Waals surface area (Å²) in [6.07, 6.45) is 0. The number of hydrogen-bond acceptors (Lipinski definition) is 10. The molecule has 0 radical (unpaired) electrons. The third-order valence-corrected chi connectivity index (χ3v) is 4.04. The van der Waals surface area contributed by atoms with Crippen LogP contribution in [0.4, 0.5) is 29.0 Å². The second-order valence-corrected chi connectivity index (χ2v) is 6.24. The molecule has 1 aromatic heterocycles. The number of nitrogens with two attached hydrogens (primary N) is 1. The van der Waals surface area contributed by atoms with Gasteiger partial charge in [0.15, 0.2) is 12.4 Å². The van der Waals surface area contributed by atoms with E-state index in [1.54, 1.807) is 7.05 Å². The molecule has 0 aliphatic carbocycles. The van der Waals surface area contributed by atoms with Crippen LogP contribution in [0, 0.1) is 17.0 Å². The number of carbonyl (C=O) groups excluding carboxylic acids is 1. The van der Waals surface area contributed by atoms with Crippen molar-refractivity contribution in [3.8, 4) is 0 Å². The second-order valence-electron chi connectivity index (χ2n) is 6.24. The van der Waals surface area contributed by atoms with E-state index in [1.165, 1.54) is 12.1 Å². The lowest BCUT2D eigenvalue weighted by Crippen LogP contribution is -2.11. The van der Waals surface area contributed by atoms with E-state index < -0.39 is 10.9 Å². The Morgan fingerprint density at radius 1 is 1.17 bits per heavy atom. The molecule has 11 heteroatoms. The predicted octanol–water partition coefficient (Wildman–Crippen LogP) is 2.81. The van der Waals surface area contributed by atoms with Crippen molar-refractivity contribution < 1.29 is 14.5 Å². The van der Waals surface area contributed by atoms with Crippen LogP contribution in [0.3, 0.4) is 0 Å². The van der Waals surface area contributed by atoms with Gasteiger partial charge in [-0.25, -0.2) is 4.79 Å². The number of nitrogens with zero attached hydrogens (tertiary/aromatic N) is 4. The molecule has 0 aliphatic heterocycles. The van der Waals surface area contributed by atoms with Crippen molar-refractivity contribution in [1.82, 2.24) is 15.0 Å². The van der Waals surface area contributed by atoms with Gasteiger partial charge in [-0.15, -0.1) is 0 Å². The molecule has 0 atom stereocenters. The summed E-state index contributed by atoms with van der Waals surface area (Å²) < 4.78 is 5.18. The van der Waals surface area contributed by atoms with E-state index in [4.69, 9.17) is 10.5 Å². The quantitative estimate of drug-likeness (QED) is 0.301. The Hall–Kier alpha value is -4.28. The molecule has 3 aromatic rings. The maximum absolute atomic E-state index is 12.3. The van der Waals surface area contributed by atoms with Gasteiger partial charge in [-0.05, 0) is 31.2 Å². The third kappa shape index (κ3) is 4.95. The Balaban J connectivity index is 1.71. The summed E-state index contributed by atoms with van der Waals surface area (Å²) in [6.45, 7) is 1.69. The van der Waals surface area contributed by atoms with Gasteiger partial charge in [0.2, 0.25) is 11.9 Å². The first kappa shape index (κ1) is 20.5. The molecule has 1 heterocycles. The molecule has 0 aliphatic rings. The van der Waals surface area contributed by atoms with Gasteiger partial charge in [0, 0.05) is 18.8 Å². The highest BCUT2D eigenvalue weighted by Crippen LogP contribution is 2.25. The third-order valence-electron chi connectivity index (χ3n) is 4.04. The fraction of sp³-hybridized carbons (Fsp3) is 0.158. The number of nitro groups is 1. The lowest BCUT2D eigenvalue weighted by Gasteiger charge is -2.09. The molecule has 0 spiro atoms. The van der Waals surface area contributed by atoms with Crippen LogP contribution in [-0.2, 0) is 11.3 Å². The summed E-state index contributed by atoms with van der Waals surface area (Å²) >= 11 is 0. The molecule has 0 unspecified atom stereocenters. The minimum absolute atomic E-state index is 0.0285. The number of aromatic nitrogens is 3. The Morgan fingerprint density at radius 2 is 1.90 bits per heavy atom. The summed E-state index contributed by atoms with van der Waals surface area (Å²) in [6, 6.07) is 11.6. The maximum atomic E-state index is 12.3. The minimum atomic E-state index is -0.757. The van der Waals surface area contributed by atoms with E-state index in [0.717, 1.165) is 17.3 Å². The molecule has 2 aromatic carbocycles. The Kier molecular flexibility index (Phi) is 6.01. The molecule has 154 valence electrons. The number of benzene rings is 2. The molecule has 4 N–H and O–H groups in total. The van der Waals surface area contributed by atoms with E-state index in [-0.39, 0.29) is 41.3 Å². The van der Waals surface area contributed by atoms with Gasteiger partial charge in [0.1, 0.15) is 5.69 Å². The molecule has 0 bridgehead atoms. The normalized spacial score (nSPS) is 10.3. The van der Waals surface area contributed by atoms with Crippen molar-refractivity contribution in [2.75, 3.05) is 23.4 Å². The van der Waals surface area contributed by atoms with E-state index in [9.17, 15) is 14.9 Å². The number of nitrogen functional groups attached to an aromatic ring is 1. The molecule has 0 saturated heterocycles. The van der Waals surface area contributed by atoms with Crippen molar-refractivity contribution in [2.45, 2.75) is 13.5 Å². The maximum Gasteiger partial charge on any atom is 0.338 e. The van der Waals surface area contributed by atoms with Crippen molar-refractivity contribution in [3.63, 3.8) is 0 Å². The number of anilines is 4. The van der Waals surface area contributed by atoms with E-state index in [1.807, 2.05) is 31.2 Å². The van der Waals surface area contributed by atoms with Gasteiger partial charge < -0.3 is 21.1 Å². The van der Waals surface area contributed by atoms with E-state index >= 15 is 0 Å². The average molecular weight is 409 g/mol. The van der Waals surface area contributed by atoms with Crippen molar-refractivity contribution in [2.24, 2.45) is 0 Å². The summed E-state index contributed by atoms with van der Waals surface area (Å²) in [7, 11) is 1.55. The van der Waals surface area contributed by atoms with Gasteiger partial charge >= 0.3 is 5.97 Å². The predicted molar refractivity (Wildman–Crippen MR) is 110 cm³/mol. The van der Waals surface area contributed by atoms with Gasteiger partial charge in [-0.3, -0.25) is 10.1 Å². The fourth-order valence-corrected chi connectivity index (χ4v) is 2.56. The molecule has 30 heavy (non-hydrogen) atoms. The van der Waals surface area contributed by atoms with Crippen molar-refractivity contribution in [1.29, 1.82) is 0 Å². The first-order valence-corrected chi connectivity index (χ1v) is 8.83. The van der Waals surface area contributed by atoms with E-state index in [0.29, 0.717) is 0 Å². The van der Waals surface area contributed by atoms with Gasteiger partial charge in [0.25, 0.3) is 5.69 Å². The van der Waals surface area contributed by atoms with Gasteiger partial charge in [0.05, 0.1) is 10.5 Å². The van der Waals surface area contributed by atoms with Crippen LogP contribution in [-0.4, -0.2) is 32.9 Å². The topological polar surface area (TPSA) is 158 Å². The number of nitro benzene ring substituents is 1. The Morgan fingerprint density at radius 3 is 2.57 bits per heavy atom. The SMILES string of the molecule is CNc1ccc(C(=O)OCc2nc(N)nc(Nc3ccc(C)cc3)n2)cc1[N+](=O)[O-]. The van der Waals surface area contributed by atoms with Crippen LogP contribution in [0.25, 0.3) is 0 Å². The standard InChI is InChI=1S/C19H19N7O4/c1-11-3-6-13(7-4-11)22-19-24-16(23-18(20)25-19)10-30-17(27)12-5-8-14(21-2)15(9-12)26(28)29/h3-9,21H,10H2,1-2H3,(H3,20,22,23,24,25). The number of carbonyl (C=O) groups is 1. The Labute approximate surface area is 171 Å². The summed E-state index contributed by atoms with van der Waals surface area (Å²) in [5.74, 6) is -0.467. The molecular formula is C19H19N7O4. The molecule has 0 saturated carbocycles. The van der Waals surface area contributed by atoms with Crippen LogP contribution in [0.15, 0.2) is 42.5 Å². The highest BCUT2D eigenvalue weighted by atomic mass is 16.6.